The Hall–Kier alpha value is -2.26. The molecule has 138 valence electrons. The zero-order valence-corrected chi connectivity index (χ0v) is 15.0. The van der Waals surface area contributed by atoms with Crippen molar-refractivity contribution in [2.45, 2.75) is 12.5 Å². The number of H-pyrrole nitrogens is 1. The lowest BCUT2D eigenvalue weighted by Gasteiger charge is -2.37. The van der Waals surface area contributed by atoms with Crippen LogP contribution in [0.25, 0.3) is 10.8 Å². The average molecular weight is 376 g/mol. The lowest BCUT2D eigenvalue weighted by Crippen LogP contribution is -2.52. The number of nitrogens with zero attached hydrogens (tertiary/aromatic N) is 3. The van der Waals surface area contributed by atoms with Crippen LogP contribution >= 0.6 is 0 Å². The molecule has 0 unspecified atom stereocenters. The van der Waals surface area contributed by atoms with Crippen molar-refractivity contribution in [3.05, 3.63) is 40.3 Å². The Morgan fingerprint density at radius 2 is 1.81 bits per heavy atom. The monoisotopic (exact) mass is 376 g/mol. The van der Waals surface area contributed by atoms with E-state index >= 15 is 0 Å². The fourth-order valence-electron chi connectivity index (χ4n) is 3.78. The van der Waals surface area contributed by atoms with Gasteiger partial charge in [0.2, 0.25) is 0 Å². The van der Waals surface area contributed by atoms with Crippen LogP contribution in [0.3, 0.4) is 0 Å². The molecule has 0 bridgehead atoms. The quantitative estimate of drug-likeness (QED) is 0.783. The number of carbonyl (C=O) groups is 1. The lowest BCUT2D eigenvalue weighted by molar-refractivity contribution is 0.0583. The summed E-state index contributed by atoms with van der Waals surface area (Å²) in [5.41, 5.74) is -0.0680. The molecular formula is C17H20N4O4S. The molecule has 1 aromatic carbocycles. The molecule has 1 atom stereocenters. The SMILES string of the molecule is O=C(c1n[nH]c(=O)c2ccccc12)N1CCN([C@@H]2CCS(=O)(=O)C2)CC1. The van der Waals surface area contributed by atoms with Crippen molar-refractivity contribution in [2.24, 2.45) is 0 Å². The van der Waals surface area contributed by atoms with E-state index in [9.17, 15) is 18.0 Å². The summed E-state index contributed by atoms with van der Waals surface area (Å²) in [7, 11) is -2.91. The molecule has 2 aliphatic heterocycles. The molecule has 1 N–H and O–H groups in total. The van der Waals surface area contributed by atoms with Crippen molar-refractivity contribution < 1.29 is 13.2 Å². The highest BCUT2D eigenvalue weighted by Crippen LogP contribution is 2.20. The van der Waals surface area contributed by atoms with Crippen molar-refractivity contribution in [2.75, 3.05) is 37.7 Å². The molecule has 4 rings (SSSR count). The van der Waals surface area contributed by atoms with Gasteiger partial charge in [-0.1, -0.05) is 18.2 Å². The van der Waals surface area contributed by atoms with Crippen molar-refractivity contribution in [3.63, 3.8) is 0 Å². The second-order valence-electron chi connectivity index (χ2n) is 6.83. The van der Waals surface area contributed by atoms with Gasteiger partial charge in [-0.3, -0.25) is 14.5 Å². The molecule has 0 aliphatic carbocycles. The van der Waals surface area contributed by atoms with Gasteiger partial charge in [0.05, 0.1) is 16.9 Å². The first kappa shape index (κ1) is 17.2. The predicted molar refractivity (Wildman–Crippen MR) is 96.9 cm³/mol. The summed E-state index contributed by atoms with van der Waals surface area (Å²) in [5, 5.41) is 7.36. The summed E-state index contributed by atoms with van der Waals surface area (Å²) in [6.45, 7) is 2.33. The van der Waals surface area contributed by atoms with E-state index in [2.05, 4.69) is 15.1 Å². The molecule has 0 radical (unpaired) electrons. The number of aromatic nitrogens is 2. The molecule has 2 fully saturated rings. The highest BCUT2D eigenvalue weighted by atomic mass is 32.2. The maximum atomic E-state index is 12.9. The van der Waals surface area contributed by atoms with E-state index in [-0.39, 0.29) is 34.7 Å². The minimum atomic E-state index is -2.91. The number of fused-ring (bicyclic) bond motifs is 1. The van der Waals surface area contributed by atoms with Crippen LogP contribution in [0.5, 0.6) is 0 Å². The molecule has 0 saturated carbocycles. The first-order valence-electron chi connectivity index (χ1n) is 8.66. The third-order valence-corrected chi connectivity index (χ3v) is 6.98. The van der Waals surface area contributed by atoms with Crippen LogP contribution in [0.15, 0.2) is 29.1 Å². The molecule has 26 heavy (non-hydrogen) atoms. The highest BCUT2D eigenvalue weighted by molar-refractivity contribution is 7.91. The summed E-state index contributed by atoms with van der Waals surface area (Å²) in [4.78, 5) is 28.6. The fraction of sp³-hybridized carbons (Fsp3) is 0.471. The van der Waals surface area contributed by atoms with E-state index in [1.54, 1.807) is 29.2 Å². The minimum absolute atomic E-state index is 0.0595. The second-order valence-corrected chi connectivity index (χ2v) is 9.06. The molecule has 0 spiro atoms. The maximum Gasteiger partial charge on any atom is 0.275 e. The normalized spacial score (nSPS) is 23.4. The lowest BCUT2D eigenvalue weighted by atomic mass is 10.1. The van der Waals surface area contributed by atoms with Crippen LogP contribution in [-0.4, -0.2) is 78.0 Å². The summed E-state index contributed by atoms with van der Waals surface area (Å²) in [6, 6.07) is 6.98. The fourth-order valence-corrected chi connectivity index (χ4v) is 5.54. The van der Waals surface area contributed by atoms with E-state index in [0.717, 1.165) is 0 Å². The van der Waals surface area contributed by atoms with Gasteiger partial charge < -0.3 is 4.90 Å². The summed E-state index contributed by atoms with van der Waals surface area (Å²) < 4.78 is 23.3. The van der Waals surface area contributed by atoms with Gasteiger partial charge >= 0.3 is 0 Å². The smallest absolute Gasteiger partial charge is 0.275 e. The minimum Gasteiger partial charge on any atom is -0.335 e. The van der Waals surface area contributed by atoms with Gasteiger partial charge in [0.25, 0.3) is 11.5 Å². The largest absolute Gasteiger partial charge is 0.335 e. The summed E-state index contributed by atoms with van der Waals surface area (Å²) >= 11 is 0. The van der Waals surface area contributed by atoms with Crippen LogP contribution in [0.2, 0.25) is 0 Å². The molecule has 9 heteroatoms. The first-order valence-corrected chi connectivity index (χ1v) is 10.5. The first-order chi connectivity index (χ1) is 12.4. The molecule has 3 heterocycles. The highest BCUT2D eigenvalue weighted by Gasteiger charge is 2.34. The Balaban J connectivity index is 1.49. The Morgan fingerprint density at radius 1 is 1.12 bits per heavy atom. The van der Waals surface area contributed by atoms with Crippen LogP contribution < -0.4 is 5.56 Å². The molecule has 2 aliphatic rings. The van der Waals surface area contributed by atoms with Gasteiger partial charge in [0.15, 0.2) is 15.5 Å². The van der Waals surface area contributed by atoms with Crippen molar-refractivity contribution >= 4 is 26.5 Å². The Labute approximate surface area is 150 Å². The molecular weight excluding hydrogens is 356 g/mol. The zero-order valence-electron chi connectivity index (χ0n) is 14.2. The predicted octanol–water partition coefficient (Wildman–Crippen LogP) is -0.132. The number of hydrogen-bond donors (Lipinski definition) is 1. The second kappa shape index (κ2) is 6.48. The van der Waals surface area contributed by atoms with E-state index < -0.39 is 9.84 Å². The summed E-state index contributed by atoms with van der Waals surface area (Å²) in [5.74, 6) is 0.258. The van der Waals surface area contributed by atoms with Gasteiger partial charge in [-0.15, -0.1) is 0 Å². The van der Waals surface area contributed by atoms with Crippen molar-refractivity contribution in [3.8, 4) is 0 Å². The topological polar surface area (TPSA) is 103 Å². The van der Waals surface area contributed by atoms with Crippen molar-refractivity contribution in [1.29, 1.82) is 0 Å². The Bertz CT molecular complexity index is 1010. The van der Waals surface area contributed by atoms with Gasteiger partial charge in [0.1, 0.15) is 0 Å². The van der Waals surface area contributed by atoms with E-state index in [0.29, 0.717) is 43.4 Å². The third kappa shape index (κ3) is 3.12. The number of carbonyl (C=O) groups excluding carboxylic acids is 1. The third-order valence-electron chi connectivity index (χ3n) is 5.22. The van der Waals surface area contributed by atoms with Gasteiger partial charge in [-0.05, 0) is 12.5 Å². The molecule has 1 amide bonds. The summed E-state index contributed by atoms with van der Waals surface area (Å²) in [6.07, 6.45) is 0.669. The van der Waals surface area contributed by atoms with E-state index in [1.165, 1.54) is 0 Å². The van der Waals surface area contributed by atoms with E-state index in [1.807, 2.05) is 0 Å². The number of nitrogens with one attached hydrogen (secondary N) is 1. The number of piperazine rings is 1. The number of benzene rings is 1. The number of hydrogen-bond acceptors (Lipinski definition) is 6. The number of rotatable bonds is 2. The van der Waals surface area contributed by atoms with Crippen LogP contribution in [0, 0.1) is 0 Å². The molecule has 1 aromatic heterocycles. The number of sulfone groups is 1. The van der Waals surface area contributed by atoms with Gasteiger partial charge in [0, 0.05) is 37.6 Å². The number of aromatic amines is 1. The van der Waals surface area contributed by atoms with E-state index in [4.69, 9.17) is 0 Å². The standard InChI is InChI=1S/C17H20N4O4S/c22-16-14-4-2-1-3-13(14)15(18-19-16)17(23)21-8-6-20(7-9-21)12-5-10-26(24,25)11-12/h1-4,12H,5-11H2,(H,19,22)/t12-/m1/s1. The average Bonchev–Trinajstić information content (AvgIpc) is 3.02. The zero-order chi connectivity index (χ0) is 18.3. The molecule has 8 nitrogen and oxygen atoms in total. The Morgan fingerprint density at radius 3 is 2.46 bits per heavy atom. The molecule has 2 aromatic rings. The van der Waals surface area contributed by atoms with Crippen molar-refractivity contribution in [1.82, 2.24) is 20.0 Å². The van der Waals surface area contributed by atoms with Gasteiger partial charge in [-0.2, -0.15) is 5.10 Å². The van der Waals surface area contributed by atoms with Crippen LogP contribution in [-0.2, 0) is 9.84 Å². The van der Waals surface area contributed by atoms with Crippen LogP contribution in [0.4, 0.5) is 0 Å². The Kier molecular flexibility index (Phi) is 4.28. The van der Waals surface area contributed by atoms with Gasteiger partial charge in [-0.25, -0.2) is 13.5 Å². The van der Waals surface area contributed by atoms with Crippen LogP contribution in [0.1, 0.15) is 16.9 Å². The number of amides is 1. The molecule has 2 saturated heterocycles. The maximum absolute atomic E-state index is 12.9.